The largest absolute Gasteiger partial charge is 0.347 e. The van der Waals surface area contributed by atoms with Crippen LogP contribution in [-0.4, -0.2) is 25.7 Å². The topological polar surface area (TPSA) is 72.7 Å². The molecule has 0 aliphatic heterocycles. The molecule has 0 aliphatic carbocycles. The Morgan fingerprint density at radius 2 is 1.77 bits per heavy atom. The Kier molecular flexibility index (Phi) is 5.66. The van der Waals surface area contributed by atoms with E-state index in [9.17, 15) is 4.79 Å². The van der Waals surface area contributed by atoms with Gasteiger partial charge in [0.1, 0.15) is 0 Å². The SMILES string of the molecule is CC(C)c1cc(C(=O)NCc2cccc(-c3ccccn3)c2)nn1-c1ccccn1. The zero-order valence-electron chi connectivity index (χ0n) is 17.0. The van der Waals surface area contributed by atoms with Crippen LogP contribution in [0.3, 0.4) is 0 Å². The van der Waals surface area contributed by atoms with E-state index in [4.69, 9.17) is 0 Å². The molecule has 3 heterocycles. The minimum absolute atomic E-state index is 0.205. The molecule has 0 radical (unpaired) electrons. The number of nitrogens with one attached hydrogen (secondary N) is 1. The molecule has 0 aliphatic rings. The second-order valence-corrected chi connectivity index (χ2v) is 7.31. The lowest BCUT2D eigenvalue weighted by Crippen LogP contribution is -2.23. The van der Waals surface area contributed by atoms with E-state index in [0.717, 1.165) is 22.5 Å². The molecule has 0 fully saturated rings. The fourth-order valence-corrected chi connectivity index (χ4v) is 3.23. The predicted octanol–water partition coefficient (Wildman–Crippen LogP) is 4.38. The van der Waals surface area contributed by atoms with E-state index >= 15 is 0 Å². The van der Waals surface area contributed by atoms with Gasteiger partial charge in [-0.15, -0.1) is 0 Å². The summed E-state index contributed by atoms with van der Waals surface area (Å²) in [5.74, 6) is 0.689. The number of nitrogens with zero attached hydrogens (tertiary/aromatic N) is 4. The van der Waals surface area contributed by atoms with Crippen molar-refractivity contribution < 1.29 is 4.79 Å². The maximum atomic E-state index is 12.8. The predicted molar refractivity (Wildman–Crippen MR) is 116 cm³/mol. The third-order valence-electron chi connectivity index (χ3n) is 4.77. The number of rotatable bonds is 6. The first-order valence-electron chi connectivity index (χ1n) is 9.92. The maximum absolute atomic E-state index is 12.8. The van der Waals surface area contributed by atoms with Crippen molar-refractivity contribution in [2.75, 3.05) is 0 Å². The van der Waals surface area contributed by atoms with E-state index in [1.165, 1.54) is 0 Å². The van der Waals surface area contributed by atoms with Gasteiger partial charge in [-0.3, -0.25) is 9.78 Å². The second-order valence-electron chi connectivity index (χ2n) is 7.31. The fourth-order valence-electron chi connectivity index (χ4n) is 3.23. The highest BCUT2D eigenvalue weighted by Crippen LogP contribution is 2.20. The van der Waals surface area contributed by atoms with Gasteiger partial charge < -0.3 is 5.32 Å². The number of carbonyl (C=O) groups is 1. The first-order valence-corrected chi connectivity index (χ1v) is 9.92. The fraction of sp³-hybridized carbons (Fsp3) is 0.167. The van der Waals surface area contributed by atoms with Crippen LogP contribution in [0.25, 0.3) is 17.1 Å². The lowest BCUT2D eigenvalue weighted by atomic mass is 10.1. The molecule has 0 saturated carbocycles. The van der Waals surface area contributed by atoms with Crippen LogP contribution in [0.4, 0.5) is 0 Å². The van der Waals surface area contributed by atoms with Gasteiger partial charge >= 0.3 is 0 Å². The van der Waals surface area contributed by atoms with Gasteiger partial charge in [0.05, 0.1) is 5.69 Å². The van der Waals surface area contributed by atoms with Gasteiger partial charge in [0.15, 0.2) is 11.5 Å². The highest BCUT2D eigenvalue weighted by Gasteiger charge is 2.18. The minimum Gasteiger partial charge on any atom is -0.347 e. The molecule has 0 bridgehead atoms. The molecule has 0 atom stereocenters. The van der Waals surface area contributed by atoms with Crippen molar-refractivity contribution in [1.82, 2.24) is 25.1 Å². The second kappa shape index (κ2) is 8.69. The summed E-state index contributed by atoms with van der Waals surface area (Å²) in [5.41, 5.74) is 4.24. The number of benzene rings is 1. The zero-order valence-corrected chi connectivity index (χ0v) is 17.0. The molecule has 6 heteroatoms. The number of hydrogen-bond acceptors (Lipinski definition) is 4. The Labute approximate surface area is 175 Å². The number of pyridine rings is 2. The normalized spacial score (nSPS) is 10.9. The van der Waals surface area contributed by atoms with Crippen LogP contribution in [0.1, 0.15) is 41.5 Å². The average Bonchev–Trinajstić information content (AvgIpc) is 3.25. The number of aromatic nitrogens is 4. The molecule has 3 aromatic heterocycles. The Bertz CT molecular complexity index is 1140. The van der Waals surface area contributed by atoms with Gasteiger partial charge in [0, 0.05) is 30.2 Å². The van der Waals surface area contributed by atoms with E-state index in [1.807, 2.05) is 66.7 Å². The van der Waals surface area contributed by atoms with E-state index < -0.39 is 0 Å². The zero-order chi connectivity index (χ0) is 20.9. The molecule has 0 unspecified atom stereocenters. The van der Waals surface area contributed by atoms with E-state index in [1.54, 1.807) is 17.1 Å². The van der Waals surface area contributed by atoms with Crippen LogP contribution >= 0.6 is 0 Å². The molecule has 0 spiro atoms. The summed E-state index contributed by atoms with van der Waals surface area (Å²) in [7, 11) is 0. The minimum atomic E-state index is -0.213. The van der Waals surface area contributed by atoms with Crippen LogP contribution in [0.2, 0.25) is 0 Å². The number of amides is 1. The monoisotopic (exact) mass is 397 g/mol. The van der Waals surface area contributed by atoms with Crippen LogP contribution in [0, 0.1) is 0 Å². The van der Waals surface area contributed by atoms with Gasteiger partial charge in [0.25, 0.3) is 5.91 Å². The van der Waals surface area contributed by atoms with Crippen LogP contribution in [0.5, 0.6) is 0 Å². The van der Waals surface area contributed by atoms with Crippen LogP contribution in [-0.2, 0) is 6.54 Å². The van der Waals surface area contributed by atoms with Gasteiger partial charge in [-0.2, -0.15) is 5.10 Å². The van der Waals surface area contributed by atoms with Crippen molar-refractivity contribution >= 4 is 5.91 Å². The van der Waals surface area contributed by atoms with E-state index in [2.05, 4.69) is 34.2 Å². The molecule has 150 valence electrons. The van der Waals surface area contributed by atoms with Crippen LogP contribution in [0.15, 0.2) is 79.1 Å². The third-order valence-corrected chi connectivity index (χ3v) is 4.77. The first-order chi connectivity index (χ1) is 14.6. The van der Waals surface area contributed by atoms with Gasteiger partial charge in [-0.05, 0) is 47.9 Å². The summed E-state index contributed by atoms with van der Waals surface area (Å²) in [4.78, 5) is 21.5. The summed E-state index contributed by atoms with van der Waals surface area (Å²) in [5, 5.41) is 7.48. The van der Waals surface area contributed by atoms with Gasteiger partial charge in [0.2, 0.25) is 0 Å². The van der Waals surface area contributed by atoms with Crippen molar-refractivity contribution in [3.05, 3.63) is 96.1 Å². The molecular weight excluding hydrogens is 374 g/mol. The van der Waals surface area contributed by atoms with Crippen molar-refractivity contribution in [3.63, 3.8) is 0 Å². The van der Waals surface area contributed by atoms with Gasteiger partial charge in [-0.1, -0.05) is 44.2 Å². The number of carbonyl (C=O) groups excluding carboxylic acids is 1. The van der Waals surface area contributed by atoms with Crippen LogP contribution < -0.4 is 5.32 Å². The molecule has 1 amide bonds. The smallest absolute Gasteiger partial charge is 0.272 e. The summed E-state index contributed by atoms with van der Waals surface area (Å²) >= 11 is 0. The molecule has 1 N–H and O–H groups in total. The molecule has 4 aromatic rings. The van der Waals surface area contributed by atoms with Crippen molar-refractivity contribution in [2.24, 2.45) is 0 Å². The molecule has 6 nitrogen and oxygen atoms in total. The summed E-state index contributed by atoms with van der Waals surface area (Å²) in [6.45, 7) is 4.55. The summed E-state index contributed by atoms with van der Waals surface area (Å²) < 4.78 is 1.74. The highest BCUT2D eigenvalue weighted by atomic mass is 16.1. The third kappa shape index (κ3) is 4.27. The molecule has 0 saturated heterocycles. The average molecular weight is 397 g/mol. The first kappa shape index (κ1) is 19.5. The molecule has 1 aromatic carbocycles. The van der Waals surface area contributed by atoms with Crippen molar-refractivity contribution in [3.8, 4) is 17.1 Å². The quantitative estimate of drug-likeness (QED) is 0.524. The highest BCUT2D eigenvalue weighted by molar-refractivity contribution is 5.92. The molecule has 30 heavy (non-hydrogen) atoms. The Morgan fingerprint density at radius 3 is 2.47 bits per heavy atom. The number of hydrogen-bond donors (Lipinski definition) is 1. The lowest BCUT2D eigenvalue weighted by molar-refractivity contribution is 0.0945. The Balaban J connectivity index is 1.51. The van der Waals surface area contributed by atoms with Crippen molar-refractivity contribution in [2.45, 2.75) is 26.3 Å². The molecular formula is C24H23N5O. The summed E-state index contributed by atoms with van der Waals surface area (Å²) in [6.07, 6.45) is 3.49. The Morgan fingerprint density at radius 1 is 0.967 bits per heavy atom. The van der Waals surface area contributed by atoms with Crippen molar-refractivity contribution in [1.29, 1.82) is 0 Å². The standard InChI is InChI=1S/C24H23N5O/c1-17(2)22-15-21(28-29(22)23-11-4-6-13-26-23)24(30)27-16-18-8-7-9-19(14-18)20-10-3-5-12-25-20/h3-15,17H,16H2,1-2H3,(H,27,30). The Hall–Kier alpha value is -3.80. The van der Waals surface area contributed by atoms with E-state index in [-0.39, 0.29) is 11.8 Å². The molecule has 4 rings (SSSR count). The lowest BCUT2D eigenvalue weighted by Gasteiger charge is -2.08. The van der Waals surface area contributed by atoms with E-state index in [0.29, 0.717) is 18.1 Å². The maximum Gasteiger partial charge on any atom is 0.272 e. The summed E-state index contributed by atoms with van der Waals surface area (Å²) in [6, 6.07) is 21.3. The van der Waals surface area contributed by atoms with Gasteiger partial charge in [-0.25, -0.2) is 9.67 Å².